The molecule has 80 valence electrons. The molecule has 3 fully saturated rings. The van der Waals surface area contributed by atoms with E-state index >= 15 is 0 Å². The molecular weight excluding hydrogens is 172 g/mol. The normalized spacial score (nSPS) is 35.1. The van der Waals surface area contributed by atoms with Crippen molar-refractivity contribution in [2.75, 3.05) is 26.7 Å². The van der Waals surface area contributed by atoms with Gasteiger partial charge in [-0.3, -0.25) is 0 Å². The van der Waals surface area contributed by atoms with E-state index in [1.165, 1.54) is 51.7 Å². The molecule has 1 saturated heterocycles. The zero-order chi connectivity index (χ0) is 9.60. The molecule has 0 bridgehead atoms. The van der Waals surface area contributed by atoms with Crippen molar-refractivity contribution in [2.24, 2.45) is 11.3 Å². The summed E-state index contributed by atoms with van der Waals surface area (Å²) < 4.78 is 0. The van der Waals surface area contributed by atoms with Crippen LogP contribution in [0.25, 0.3) is 0 Å². The van der Waals surface area contributed by atoms with E-state index in [-0.39, 0.29) is 0 Å². The van der Waals surface area contributed by atoms with E-state index in [0.29, 0.717) is 0 Å². The van der Waals surface area contributed by atoms with Crippen molar-refractivity contribution >= 4 is 0 Å². The van der Waals surface area contributed by atoms with Crippen LogP contribution in [0.4, 0.5) is 0 Å². The Balaban J connectivity index is 1.51. The summed E-state index contributed by atoms with van der Waals surface area (Å²) in [4.78, 5) is 2.61. The van der Waals surface area contributed by atoms with Gasteiger partial charge in [-0.1, -0.05) is 0 Å². The van der Waals surface area contributed by atoms with Gasteiger partial charge in [0.25, 0.3) is 0 Å². The van der Waals surface area contributed by atoms with E-state index in [0.717, 1.165) is 17.4 Å². The largest absolute Gasteiger partial charge is 0.317 e. The van der Waals surface area contributed by atoms with Gasteiger partial charge in [0.2, 0.25) is 0 Å². The van der Waals surface area contributed by atoms with Crippen LogP contribution >= 0.6 is 0 Å². The molecule has 3 aliphatic rings. The van der Waals surface area contributed by atoms with Crippen molar-refractivity contribution in [3.63, 3.8) is 0 Å². The van der Waals surface area contributed by atoms with Crippen LogP contribution in [-0.2, 0) is 0 Å². The molecular formula is C12H22N2. The average molecular weight is 194 g/mol. The van der Waals surface area contributed by atoms with E-state index in [9.17, 15) is 0 Å². The van der Waals surface area contributed by atoms with Crippen LogP contribution in [0, 0.1) is 11.3 Å². The molecule has 0 amide bonds. The van der Waals surface area contributed by atoms with E-state index in [1.807, 2.05) is 0 Å². The van der Waals surface area contributed by atoms with E-state index in [2.05, 4.69) is 17.3 Å². The lowest BCUT2D eigenvalue weighted by Gasteiger charge is -2.25. The predicted octanol–water partition coefficient (Wildman–Crippen LogP) is 1.47. The monoisotopic (exact) mass is 194 g/mol. The summed E-state index contributed by atoms with van der Waals surface area (Å²) in [7, 11) is 2.32. The Bertz CT molecular complexity index is 216. The van der Waals surface area contributed by atoms with Gasteiger partial charge in [0.1, 0.15) is 0 Å². The Morgan fingerprint density at radius 1 is 1.29 bits per heavy atom. The van der Waals surface area contributed by atoms with Crippen molar-refractivity contribution in [2.45, 2.75) is 38.1 Å². The third-order valence-electron chi connectivity index (χ3n) is 4.64. The maximum Gasteiger partial charge on any atom is 0.00934 e. The summed E-state index contributed by atoms with van der Waals surface area (Å²) in [6, 6.07) is 0.953. The van der Waals surface area contributed by atoms with Crippen LogP contribution in [0.3, 0.4) is 0 Å². The Hall–Kier alpha value is -0.0800. The molecule has 3 rings (SSSR count). The smallest absolute Gasteiger partial charge is 0.00934 e. The van der Waals surface area contributed by atoms with Crippen molar-refractivity contribution in [1.82, 2.24) is 10.2 Å². The van der Waals surface area contributed by atoms with Gasteiger partial charge in [-0.05, 0) is 63.6 Å². The second-order valence-electron chi connectivity index (χ2n) is 5.68. The van der Waals surface area contributed by atoms with E-state index in [1.54, 1.807) is 0 Å². The van der Waals surface area contributed by atoms with Crippen LogP contribution < -0.4 is 5.32 Å². The highest BCUT2D eigenvalue weighted by Gasteiger charge is 2.54. The van der Waals surface area contributed by atoms with Crippen LogP contribution in [0.15, 0.2) is 0 Å². The summed E-state index contributed by atoms with van der Waals surface area (Å²) in [5.74, 6) is 1.04. The van der Waals surface area contributed by atoms with Crippen molar-refractivity contribution in [1.29, 1.82) is 0 Å². The molecule has 2 saturated carbocycles. The zero-order valence-corrected chi connectivity index (χ0v) is 9.26. The molecule has 14 heavy (non-hydrogen) atoms. The van der Waals surface area contributed by atoms with Crippen LogP contribution in [0.5, 0.6) is 0 Å². The molecule has 1 atom stereocenters. The Kier molecular flexibility index (Phi) is 2.10. The van der Waals surface area contributed by atoms with Crippen molar-refractivity contribution < 1.29 is 0 Å². The van der Waals surface area contributed by atoms with Gasteiger partial charge in [-0.25, -0.2) is 0 Å². The average Bonchev–Trinajstić information content (AvgIpc) is 3.06. The highest BCUT2D eigenvalue weighted by Crippen LogP contribution is 2.58. The quantitative estimate of drug-likeness (QED) is 0.732. The van der Waals surface area contributed by atoms with Crippen molar-refractivity contribution in [3.05, 3.63) is 0 Å². The van der Waals surface area contributed by atoms with E-state index < -0.39 is 0 Å². The topological polar surface area (TPSA) is 15.3 Å². The van der Waals surface area contributed by atoms with Crippen LogP contribution in [-0.4, -0.2) is 37.6 Å². The lowest BCUT2D eigenvalue weighted by molar-refractivity contribution is 0.256. The molecule has 2 heteroatoms. The van der Waals surface area contributed by atoms with Gasteiger partial charge >= 0.3 is 0 Å². The van der Waals surface area contributed by atoms with Gasteiger partial charge in [-0.15, -0.1) is 0 Å². The van der Waals surface area contributed by atoms with Crippen LogP contribution in [0.1, 0.15) is 32.1 Å². The number of nitrogens with zero attached hydrogens (tertiary/aromatic N) is 1. The minimum Gasteiger partial charge on any atom is -0.317 e. The minimum absolute atomic E-state index is 0.786. The van der Waals surface area contributed by atoms with Gasteiger partial charge < -0.3 is 10.2 Å². The first-order valence-corrected chi connectivity index (χ1v) is 6.21. The molecule has 1 aliphatic heterocycles. The summed E-state index contributed by atoms with van der Waals surface area (Å²) in [6.07, 6.45) is 7.31. The highest BCUT2D eigenvalue weighted by molar-refractivity contribution is 5.05. The maximum atomic E-state index is 3.48. The van der Waals surface area contributed by atoms with Crippen LogP contribution in [0.2, 0.25) is 0 Å². The van der Waals surface area contributed by atoms with Gasteiger partial charge in [0, 0.05) is 12.6 Å². The number of hydrogen-bond donors (Lipinski definition) is 1. The molecule has 0 radical (unpaired) electrons. The van der Waals surface area contributed by atoms with E-state index in [4.69, 9.17) is 0 Å². The first-order chi connectivity index (χ1) is 6.80. The zero-order valence-electron chi connectivity index (χ0n) is 9.26. The fraction of sp³-hybridized carbons (Fsp3) is 1.00. The third kappa shape index (κ3) is 1.59. The fourth-order valence-electron chi connectivity index (χ4n) is 3.24. The molecule has 0 aromatic carbocycles. The van der Waals surface area contributed by atoms with Crippen molar-refractivity contribution in [3.8, 4) is 0 Å². The standard InChI is InChI=1S/C12H22N2/c1-14(11-2-3-11)9-10-8-12(10)4-6-13-7-5-12/h10-11,13H,2-9H2,1H3/t10-/m0/s1. The summed E-state index contributed by atoms with van der Waals surface area (Å²) in [5, 5.41) is 3.48. The Labute approximate surface area is 87.0 Å². The number of nitrogens with one attached hydrogen (secondary N) is 1. The molecule has 0 aromatic heterocycles. The lowest BCUT2D eigenvalue weighted by Crippen LogP contribution is -2.32. The number of hydrogen-bond acceptors (Lipinski definition) is 2. The number of rotatable bonds is 3. The molecule has 2 nitrogen and oxygen atoms in total. The first-order valence-electron chi connectivity index (χ1n) is 6.21. The third-order valence-corrected chi connectivity index (χ3v) is 4.64. The minimum atomic E-state index is 0.786. The van der Waals surface area contributed by atoms with Gasteiger partial charge in [0.15, 0.2) is 0 Å². The SMILES string of the molecule is CN(C[C@@H]1CC12CCNCC2)C1CC1. The molecule has 2 aliphatic carbocycles. The molecule has 0 aromatic rings. The van der Waals surface area contributed by atoms with Gasteiger partial charge in [0.05, 0.1) is 0 Å². The summed E-state index contributed by atoms with van der Waals surface area (Å²) >= 11 is 0. The second kappa shape index (κ2) is 3.21. The maximum absolute atomic E-state index is 3.48. The molecule has 1 heterocycles. The Morgan fingerprint density at radius 2 is 2.00 bits per heavy atom. The number of piperidine rings is 1. The first kappa shape index (κ1) is 9.17. The fourth-order valence-corrected chi connectivity index (χ4v) is 3.24. The molecule has 1 N–H and O–H groups in total. The lowest BCUT2D eigenvalue weighted by atomic mass is 9.92. The predicted molar refractivity (Wildman–Crippen MR) is 58.3 cm³/mol. The second-order valence-corrected chi connectivity index (χ2v) is 5.68. The van der Waals surface area contributed by atoms with Gasteiger partial charge in [-0.2, -0.15) is 0 Å². The Morgan fingerprint density at radius 3 is 2.64 bits per heavy atom. The summed E-state index contributed by atoms with van der Waals surface area (Å²) in [5.41, 5.74) is 0.786. The highest BCUT2D eigenvalue weighted by atomic mass is 15.2. The molecule has 1 spiro atoms. The molecule has 0 unspecified atom stereocenters. The summed E-state index contributed by atoms with van der Waals surface area (Å²) in [6.45, 7) is 3.91.